The van der Waals surface area contributed by atoms with Crippen molar-refractivity contribution in [3.05, 3.63) is 43.0 Å². The minimum atomic E-state index is -1.49. The Hall–Kier alpha value is -2.25. The van der Waals surface area contributed by atoms with E-state index in [-0.39, 0.29) is 38.1 Å². The maximum atomic E-state index is 12.2. The van der Waals surface area contributed by atoms with E-state index in [0.29, 0.717) is 5.56 Å². The Morgan fingerprint density at radius 2 is 2.09 bits per heavy atom. The van der Waals surface area contributed by atoms with Gasteiger partial charge in [0.25, 0.3) is 14.1 Å². The molecule has 1 aliphatic rings. The number of aromatic nitrogens is 2. The van der Waals surface area contributed by atoms with E-state index in [9.17, 15) is 9.59 Å². The lowest BCUT2D eigenvalue weighted by Crippen LogP contribution is -2.35. The van der Waals surface area contributed by atoms with Crippen molar-refractivity contribution < 1.29 is 13.8 Å². The molecule has 1 aromatic rings. The summed E-state index contributed by atoms with van der Waals surface area (Å²) in [5.74, 6) is 0. The number of hydrogen-bond donors (Lipinski definition) is 1. The van der Waals surface area contributed by atoms with Gasteiger partial charge in [-0.25, -0.2) is 9.46 Å². The van der Waals surface area contributed by atoms with Crippen molar-refractivity contribution in [3.63, 3.8) is 0 Å². The van der Waals surface area contributed by atoms with Crippen molar-refractivity contribution in [3.8, 4) is 6.07 Å². The van der Waals surface area contributed by atoms with Crippen LogP contribution in [-0.4, -0.2) is 51.7 Å². The van der Waals surface area contributed by atoms with E-state index in [1.165, 1.54) is 10.8 Å². The van der Waals surface area contributed by atoms with Crippen LogP contribution in [0.3, 0.4) is 0 Å². The average molecular weight is 467 g/mol. The lowest BCUT2D eigenvalue weighted by atomic mass is 10.1. The fraction of sp³-hybridized carbons (Fsp3) is 0.737. The molecule has 32 heavy (non-hydrogen) atoms. The van der Waals surface area contributed by atoms with Gasteiger partial charge in [-0.1, -0.05) is 5.11 Å². The van der Waals surface area contributed by atoms with Crippen LogP contribution in [0.5, 0.6) is 0 Å². The highest BCUT2D eigenvalue weighted by atomic mass is 31.2. The first-order valence-electron chi connectivity index (χ1n) is 10.4. The molecule has 12 nitrogen and oxygen atoms in total. The average Bonchev–Trinajstić information content (AvgIpc) is 3.11. The quantitative estimate of drug-likeness (QED) is 0.172. The van der Waals surface area contributed by atoms with E-state index < -0.39 is 38.1 Å². The second kappa shape index (κ2) is 12.1. The summed E-state index contributed by atoms with van der Waals surface area (Å²) in [5, 5.41) is 12.7. The first-order valence-corrected chi connectivity index (χ1v) is 11.6. The second-order valence-corrected chi connectivity index (χ2v) is 9.41. The van der Waals surface area contributed by atoms with Crippen molar-refractivity contribution in [1.82, 2.24) is 14.2 Å². The summed E-state index contributed by atoms with van der Waals surface area (Å²) >= 11 is 0. The van der Waals surface area contributed by atoms with Gasteiger partial charge in [-0.15, -0.1) is 0 Å². The highest BCUT2D eigenvalue weighted by Gasteiger charge is 2.38. The molecule has 1 N–H and O–H groups in total. The number of azide groups is 1. The molecule has 0 aliphatic carbocycles. The van der Waals surface area contributed by atoms with Gasteiger partial charge in [-0.3, -0.25) is 14.3 Å². The number of ether oxygens (including phenoxy) is 1. The summed E-state index contributed by atoms with van der Waals surface area (Å²) in [5.41, 5.74) is 8.29. The molecule has 1 aromatic heterocycles. The third-order valence-corrected chi connectivity index (χ3v) is 6.95. The van der Waals surface area contributed by atoms with Gasteiger partial charge in [0.05, 0.1) is 37.8 Å². The van der Waals surface area contributed by atoms with Gasteiger partial charge in [0.2, 0.25) is 0 Å². The van der Waals surface area contributed by atoms with Crippen LogP contribution in [0.1, 0.15) is 52.3 Å². The van der Waals surface area contributed by atoms with E-state index >= 15 is 0 Å². The number of nitrogens with one attached hydrogen (secondary N) is 1. The Balaban J connectivity index is 2.19. The van der Waals surface area contributed by atoms with E-state index in [1.54, 1.807) is 6.92 Å². The predicted molar refractivity (Wildman–Crippen MR) is 119 cm³/mol. The normalized spacial score (nSPS) is 21.7. The van der Waals surface area contributed by atoms with Gasteiger partial charge in [-0.2, -0.15) is 5.26 Å². The Bertz CT molecular complexity index is 958. The molecule has 4 atom stereocenters. The molecule has 1 fully saturated rings. The number of aromatic amines is 1. The summed E-state index contributed by atoms with van der Waals surface area (Å²) in [7, 11) is -1.49. The minimum Gasteiger partial charge on any atom is -0.352 e. The zero-order valence-corrected chi connectivity index (χ0v) is 19.9. The number of aryl methyl sites for hydroxylation is 1. The van der Waals surface area contributed by atoms with Crippen LogP contribution >= 0.6 is 8.53 Å². The molecule has 1 saturated heterocycles. The third kappa shape index (κ3) is 6.62. The van der Waals surface area contributed by atoms with Crippen LogP contribution < -0.4 is 11.2 Å². The molecule has 0 radical (unpaired) electrons. The van der Waals surface area contributed by atoms with Crippen molar-refractivity contribution in [2.45, 2.75) is 77.9 Å². The molecule has 0 spiro atoms. The Kier molecular flexibility index (Phi) is 9.84. The van der Waals surface area contributed by atoms with Crippen LogP contribution in [0, 0.1) is 18.3 Å². The highest BCUT2D eigenvalue weighted by molar-refractivity contribution is 7.44. The van der Waals surface area contributed by atoms with Gasteiger partial charge in [0.1, 0.15) is 6.23 Å². The Labute approximate surface area is 187 Å². The maximum Gasteiger partial charge on any atom is 0.330 e. The monoisotopic (exact) mass is 467 g/mol. The van der Waals surface area contributed by atoms with Gasteiger partial charge < -0.3 is 13.8 Å². The highest BCUT2D eigenvalue weighted by Crippen LogP contribution is 2.47. The molecular formula is C19H30N7O5P. The predicted octanol–water partition coefficient (Wildman–Crippen LogP) is 3.10. The summed E-state index contributed by atoms with van der Waals surface area (Å²) in [6.07, 6.45) is 0.609. The zero-order valence-electron chi connectivity index (χ0n) is 19.0. The molecule has 1 unspecified atom stereocenters. The molecule has 2 rings (SSSR count). The number of rotatable bonds is 11. The first-order chi connectivity index (χ1) is 15.2. The van der Waals surface area contributed by atoms with Crippen molar-refractivity contribution in [2.24, 2.45) is 5.11 Å². The summed E-state index contributed by atoms with van der Waals surface area (Å²) in [6, 6.07) is 1.76. The van der Waals surface area contributed by atoms with Crippen molar-refractivity contribution >= 4 is 8.53 Å². The van der Waals surface area contributed by atoms with Gasteiger partial charge in [-0.05, 0) is 40.1 Å². The summed E-state index contributed by atoms with van der Waals surface area (Å²) < 4.78 is 21.3. The lowest BCUT2D eigenvalue weighted by molar-refractivity contribution is -0.0250. The summed E-state index contributed by atoms with van der Waals surface area (Å²) in [4.78, 5) is 29.1. The molecule has 2 heterocycles. The third-order valence-electron chi connectivity index (χ3n) is 4.87. The van der Waals surface area contributed by atoms with E-state index in [2.05, 4.69) is 25.7 Å². The van der Waals surface area contributed by atoms with Crippen molar-refractivity contribution in [2.75, 3.05) is 13.2 Å². The molecule has 0 bridgehead atoms. The van der Waals surface area contributed by atoms with Crippen LogP contribution in [0.2, 0.25) is 0 Å². The first kappa shape index (κ1) is 26.0. The van der Waals surface area contributed by atoms with Crippen LogP contribution in [0.4, 0.5) is 0 Å². The smallest absolute Gasteiger partial charge is 0.330 e. The fourth-order valence-corrected chi connectivity index (χ4v) is 5.09. The van der Waals surface area contributed by atoms with Crippen LogP contribution in [-0.2, 0) is 13.8 Å². The topological polar surface area (TPSA) is 158 Å². The molecular weight excluding hydrogens is 437 g/mol. The maximum absolute atomic E-state index is 12.2. The molecule has 1 aliphatic heterocycles. The Morgan fingerprint density at radius 3 is 2.69 bits per heavy atom. The largest absolute Gasteiger partial charge is 0.352 e. The fourth-order valence-electron chi connectivity index (χ4n) is 3.47. The standard InChI is InChI=1S/C19H30N7O5P/c1-12(2)26(13(3)4)32(29-8-6-7-20)30-11-16-15(23-24-21)9-17(31-16)25-10-14(5)18(27)22-19(25)28/h10,12-13,15-17H,6,8-9,11H2,1-5H3,(H,22,27,28)/t15-,16+,17+,32?/m0/s1. The van der Waals surface area contributed by atoms with E-state index in [4.69, 9.17) is 24.6 Å². The van der Waals surface area contributed by atoms with Gasteiger partial charge in [0.15, 0.2) is 0 Å². The lowest BCUT2D eigenvalue weighted by Gasteiger charge is -2.36. The molecule has 0 saturated carbocycles. The molecule has 0 amide bonds. The van der Waals surface area contributed by atoms with Gasteiger partial charge in [0, 0.05) is 35.2 Å². The number of hydrogen-bond acceptors (Lipinski definition) is 8. The molecule has 176 valence electrons. The SMILES string of the molecule is Cc1cn([C@H]2C[C@H](N=[N+]=[N-])[C@@H](COP(OCCC#N)N(C(C)C)C(C)C)O2)c(=O)[nH]c1=O. The molecule has 13 heteroatoms. The minimum absolute atomic E-state index is 0.0749. The van der Waals surface area contributed by atoms with E-state index in [0.717, 1.165) is 0 Å². The number of H-pyrrole nitrogens is 1. The number of nitriles is 1. The number of nitrogens with zero attached hydrogens (tertiary/aromatic N) is 6. The molecule has 0 aromatic carbocycles. The van der Waals surface area contributed by atoms with E-state index in [1.807, 2.05) is 27.7 Å². The van der Waals surface area contributed by atoms with Crippen molar-refractivity contribution in [1.29, 1.82) is 5.26 Å². The van der Waals surface area contributed by atoms with Crippen LogP contribution in [0.25, 0.3) is 10.4 Å². The zero-order chi connectivity index (χ0) is 23.8. The second-order valence-electron chi connectivity index (χ2n) is 7.96. The van der Waals surface area contributed by atoms with Gasteiger partial charge >= 0.3 is 5.69 Å². The summed E-state index contributed by atoms with van der Waals surface area (Å²) in [6.45, 7) is 10.0. The Morgan fingerprint density at radius 1 is 1.41 bits per heavy atom. The van der Waals surface area contributed by atoms with Crippen LogP contribution in [0.15, 0.2) is 20.9 Å².